The number of amides is 1. The number of hydrogen-bond acceptors (Lipinski definition) is 2. The number of carbonyl (C=O) groups is 1. The van der Waals surface area contributed by atoms with Crippen LogP contribution >= 0.6 is 0 Å². The fourth-order valence-electron chi connectivity index (χ4n) is 3.33. The molecule has 25 heavy (non-hydrogen) atoms. The monoisotopic (exact) mass is 341 g/mol. The van der Waals surface area contributed by atoms with Crippen LogP contribution in [-0.4, -0.2) is 33.9 Å². The van der Waals surface area contributed by atoms with Gasteiger partial charge < -0.3 is 9.88 Å². The Bertz CT molecular complexity index is 896. The summed E-state index contributed by atoms with van der Waals surface area (Å²) in [6.45, 7) is 1.14. The van der Waals surface area contributed by atoms with Crippen LogP contribution in [0.4, 0.5) is 8.78 Å². The van der Waals surface area contributed by atoms with Crippen molar-refractivity contribution in [3.8, 4) is 0 Å². The number of H-pyrrole nitrogens is 1. The third-order valence-corrected chi connectivity index (χ3v) is 4.74. The summed E-state index contributed by atoms with van der Waals surface area (Å²) in [7, 11) is 0. The Morgan fingerprint density at radius 3 is 2.56 bits per heavy atom. The summed E-state index contributed by atoms with van der Waals surface area (Å²) in [6, 6.07) is 11.2. The van der Waals surface area contributed by atoms with E-state index in [-0.39, 0.29) is 17.4 Å². The number of carbonyl (C=O) groups excluding carboxylic acids is 1. The molecule has 4 rings (SSSR count). The van der Waals surface area contributed by atoms with Crippen molar-refractivity contribution in [1.82, 2.24) is 14.9 Å². The van der Waals surface area contributed by atoms with E-state index in [2.05, 4.69) is 9.97 Å². The summed E-state index contributed by atoms with van der Waals surface area (Å²) in [6.07, 6.45) is 1.57. The van der Waals surface area contributed by atoms with E-state index in [1.165, 1.54) is 6.07 Å². The van der Waals surface area contributed by atoms with Crippen molar-refractivity contribution in [2.24, 2.45) is 0 Å². The molecule has 3 aromatic rings. The molecule has 4 nitrogen and oxygen atoms in total. The lowest BCUT2D eigenvalue weighted by Crippen LogP contribution is -2.38. The van der Waals surface area contributed by atoms with Gasteiger partial charge in [0.05, 0.1) is 11.0 Å². The largest absolute Gasteiger partial charge is 0.342 e. The highest BCUT2D eigenvalue weighted by atomic mass is 19.2. The van der Waals surface area contributed by atoms with Crippen molar-refractivity contribution >= 4 is 16.9 Å². The molecule has 1 fully saturated rings. The Morgan fingerprint density at radius 1 is 1.08 bits per heavy atom. The van der Waals surface area contributed by atoms with E-state index in [1.54, 1.807) is 4.90 Å². The lowest BCUT2D eigenvalue weighted by atomic mass is 9.95. The highest BCUT2D eigenvalue weighted by Crippen LogP contribution is 2.28. The van der Waals surface area contributed by atoms with Gasteiger partial charge in [-0.1, -0.05) is 12.1 Å². The minimum Gasteiger partial charge on any atom is -0.342 e. The highest BCUT2D eigenvalue weighted by molar-refractivity contribution is 5.94. The molecule has 1 aliphatic heterocycles. The first-order valence-corrected chi connectivity index (χ1v) is 8.31. The van der Waals surface area contributed by atoms with Gasteiger partial charge in [-0.15, -0.1) is 0 Å². The molecule has 6 heteroatoms. The van der Waals surface area contributed by atoms with E-state index in [1.807, 2.05) is 24.3 Å². The summed E-state index contributed by atoms with van der Waals surface area (Å²) >= 11 is 0. The zero-order chi connectivity index (χ0) is 17.4. The van der Waals surface area contributed by atoms with Crippen LogP contribution in [0.2, 0.25) is 0 Å². The average Bonchev–Trinajstić information content (AvgIpc) is 3.08. The van der Waals surface area contributed by atoms with Crippen LogP contribution in [0.25, 0.3) is 11.0 Å². The Labute approximate surface area is 143 Å². The quantitative estimate of drug-likeness (QED) is 0.769. The van der Waals surface area contributed by atoms with Crippen LogP contribution < -0.4 is 0 Å². The first kappa shape index (κ1) is 15.7. The van der Waals surface area contributed by atoms with Crippen LogP contribution in [0.1, 0.15) is 34.9 Å². The number of nitrogens with one attached hydrogen (secondary N) is 1. The summed E-state index contributed by atoms with van der Waals surface area (Å²) in [5, 5.41) is 0. The Hall–Kier alpha value is -2.76. The molecular formula is C19H17F2N3O. The average molecular weight is 341 g/mol. The minimum absolute atomic E-state index is 0.182. The second-order valence-electron chi connectivity index (χ2n) is 6.33. The molecule has 1 aromatic heterocycles. The topological polar surface area (TPSA) is 49.0 Å². The van der Waals surface area contributed by atoms with Gasteiger partial charge in [0, 0.05) is 24.6 Å². The standard InChI is InChI=1S/C19H17F2N3O/c20-14-6-5-13(11-15(14)21)19(25)24-9-7-12(8-10-24)18-22-16-3-1-2-4-17(16)23-18/h1-6,11-12H,7-10H2,(H,22,23). The molecule has 1 N–H and O–H groups in total. The fraction of sp³-hybridized carbons (Fsp3) is 0.263. The van der Waals surface area contributed by atoms with Gasteiger partial charge in [0.25, 0.3) is 5.91 Å². The van der Waals surface area contributed by atoms with Gasteiger partial charge in [0.2, 0.25) is 0 Å². The zero-order valence-electron chi connectivity index (χ0n) is 13.5. The highest BCUT2D eigenvalue weighted by Gasteiger charge is 2.26. The zero-order valence-corrected chi connectivity index (χ0v) is 13.5. The van der Waals surface area contributed by atoms with Crippen LogP contribution in [-0.2, 0) is 0 Å². The minimum atomic E-state index is -0.997. The summed E-state index contributed by atoms with van der Waals surface area (Å²) in [5.74, 6) is -0.993. The number of piperidine rings is 1. The molecular weight excluding hydrogens is 324 g/mol. The van der Waals surface area contributed by atoms with E-state index < -0.39 is 11.6 Å². The number of para-hydroxylation sites is 2. The van der Waals surface area contributed by atoms with E-state index in [0.29, 0.717) is 13.1 Å². The first-order valence-electron chi connectivity index (χ1n) is 8.31. The van der Waals surface area contributed by atoms with Gasteiger partial charge in [-0.05, 0) is 43.2 Å². The number of fused-ring (bicyclic) bond motifs is 1. The van der Waals surface area contributed by atoms with Gasteiger partial charge in [-0.3, -0.25) is 4.79 Å². The Morgan fingerprint density at radius 2 is 1.84 bits per heavy atom. The summed E-state index contributed by atoms with van der Waals surface area (Å²) < 4.78 is 26.4. The summed E-state index contributed by atoms with van der Waals surface area (Å²) in [4.78, 5) is 22.1. The predicted molar refractivity (Wildman–Crippen MR) is 90.3 cm³/mol. The maximum atomic E-state index is 13.3. The molecule has 128 valence electrons. The molecule has 0 radical (unpaired) electrons. The van der Waals surface area contributed by atoms with Crippen molar-refractivity contribution in [1.29, 1.82) is 0 Å². The number of aromatic amines is 1. The molecule has 2 heterocycles. The van der Waals surface area contributed by atoms with E-state index >= 15 is 0 Å². The molecule has 0 spiro atoms. The Kier molecular flexibility index (Phi) is 3.95. The Balaban J connectivity index is 1.45. The molecule has 1 amide bonds. The van der Waals surface area contributed by atoms with Crippen molar-refractivity contribution in [3.63, 3.8) is 0 Å². The first-order chi connectivity index (χ1) is 12.1. The number of halogens is 2. The van der Waals surface area contributed by atoms with Crippen LogP contribution in [0.3, 0.4) is 0 Å². The number of imidazole rings is 1. The number of rotatable bonds is 2. The van der Waals surface area contributed by atoms with Gasteiger partial charge in [0.1, 0.15) is 5.82 Å². The molecule has 0 atom stereocenters. The molecule has 0 saturated carbocycles. The van der Waals surface area contributed by atoms with Gasteiger partial charge >= 0.3 is 0 Å². The van der Waals surface area contributed by atoms with Crippen LogP contribution in [0, 0.1) is 11.6 Å². The number of likely N-dealkylation sites (tertiary alicyclic amines) is 1. The lowest BCUT2D eigenvalue weighted by molar-refractivity contribution is 0.0710. The SMILES string of the molecule is O=C(c1ccc(F)c(F)c1)N1CCC(c2nc3ccccc3[nH]2)CC1. The van der Waals surface area contributed by atoms with Gasteiger partial charge in [0.15, 0.2) is 11.6 Å². The van der Waals surface area contributed by atoms with E-state index in [9.17, 15) is 13.6 Å². The van der Waals surface area contributed by atoms with Gasteiger partial charge in [-0.2, -0.15) is 0 Å². The smallest absolute Gasteiger partial charge is 0.253 e. The van der Waals surface area contributed by atoms with E-state index in [4.69, 9.17) is 0 Å². The van der Waals surface area contributed by atoms with Crippen LogP contribution in [0.5, 0.6) is 0 Å². The second kappa shape index (κ2) is 6.27. The maximum Gasteiger partial charge on any atom is 0.253 e. The lowest BCUT2D eigenvalue weighted by Gasteiger charge is -2.31. The molecule has 2 aromatic carbocycles. The molecule has 0 bridgehead atoms. The third-order valence-electron chi connectivity index (χ3n) is 4.74. The molecule has 1 aliphatic rings. The number of aromatic nitrogens is 2. The second-order valence-corrected chi connectivity index (χ2v) is 6.33. The maximum absolute atomic E-state index is 13.3. The van der Waals surface area contributed by atoms with Crippen molar-refractivity contribution in [2.45, 2.75) is 18.8 Å². The van der Waals surface area contributed by atoms with Gasteiger partial charge in [-0.25, -0.2) is 13.8 Å². The number of hydrogen-bond donors (Lipinski definition) is 1. The fourth-order valence-corrected chi connectivity index (χ4v) is 3.33. The molecule has 0 unspecified atom stereocenters. The summed E-state index contributed by atoms with van der Waals surface area (Å²) in [5.41, 5.74) is 2.14. The molecule has 1 saturated heterocycles. The molecule has 0 aliphatic carbocycles. The van der Waals surface area contributed by atoms with Crippen molar-refractivity contribution in [2.75, 3.05) is 13.1 Å². The van der Waals surface area contributed by atoms with E-state index in [0.717, 1.165) is 41.8 Å². The van der Waals surface area contributed by atoms with Crippen molar-refractivity contribution < 1.29 is 13.6 Å². The normalized spacial score (nSPS) is 15.7. The third kappa shape index (κ3) is 2.99. The predicted octanol–water partition coefficient (Wildman–Crippen LogP) is 3.86. The van der Waals surface area contributed by atoms with Crippen molar-refractivity contribution in [3.05, 3.63) is 65.5 Å². The van der Waals surface area contributed by atoms with Crippen LogP contribution in [0.15, 0.2) is 42.5 Å². The number of nitrogens with zero attached hydrogens (tertiary/aromatic N) is 2. The number of benzene rings is 2.